The van der Waals surface area contributed by atoms with Crippen LogP contribution in [0.1, 0.15) is 36.6 Å². The molecule has 1 N–H and O–H groups in total. The van der Waals surface area contributed by atoms with E-state index in [-0.39, 0.29) is 11.3 Å². The van der Waals surface area contributed by atoms with Crippen LogP contribution in [0, 0.1) is 0 Å². The number of fused-ring (bicyclic) bond motifs is 1. The maximum Gasteiger partial charge on any atom is 0.233 e. The van der Waals surface area contributed by atoms with Gasteiger partial charge in [0.1, 0.15) is 5.37 Å². The predicted molar refractivity (Wildman–Crippen MR) is 101 cm³/mol. The van der Waals surface area contributed by atoms with Gasteiger partial charge in [-0.1, -0.05) is 42.8 Å². The molecule has 24 heavy (non-hydrogen) atoms. The summed E-state index contributed by atoms with van der Waals surface area (Å²) in [6.45, 7) is 1.99. The lowest BCUT2D eigenvalue weighted by Gasteiger charge is -2.29. The van der Waals surface area contributed by atoms with Crippen molar-refractivity contribution >= 4 is 28.4 Å². The van der Waals surface area contributed by atoms with Gasteiger partial charge in [-0.25, -0.2) is 0 Å². The van der Waals surface area contributed by atoms with Crippen LogP contribution in [0.15, 0.2) is 42.5 Å². The summed E-state index contributed by atoms with van der Waals surface area (Å²) in [5.74, 6) is 0.893. The van der Waals surface area contributed by atoms with Crippen molar-refractivity contribution in [2.75, 3.05) is 18.8 Å². The first-order chi connectivity index (χ1) is 11.8. The van der Waals surface area contributed by atoms with Crippen LogP contribution in [0.2, 0.25) is 0 Å². The van der Waals surface area contributed by atoms with Gasteiger partial charge in [0.15, 0.2) is 0 Å². The van der Waals surface area contributed by atoms with Crippen molar-refractivity contribution in [3.8, 4) is 0 Å². The Kier molecular flexibility index (Phi) is 4.76. The molecule has 2 aromatic carbocycles. The molecule has 4 heteroatoms. The standard InChI is InChI=1S/C20H24N2OS/c23-19-14-24-20(22(19)12-10-18-7-3-4-11-21-18)17-9-8-15-5-1-2-6-16(15)13-17/h1-2,5-6,8-9,13,18,20-21H,3-4,7,10-12,14H2. The van der Waals surface area contributed by atoms with Crippen molar-refractivity contribution in [3.63, 3.8) is 0 Å². The number of benzene rings is 2. The second-order valence-corrected chi connectivity index (χ2v) is 7.86. The zero-order valence-corrected chi connectivity index (χ0v) is 14.7. The lowest BCUT2D eigenvalue weighted by molar-refractivity contribution is -0.128. The Morgan fingerprint density at radius 1 is 1.12 bits per heavy atom. The number of nitrogens with zero attached hydrogens (tertiary/aromatic N) is 1. The Hall–Kier alpha value is -1.52. The number of hydrogen-bond acceptors (Lipinski definition) is 3. The van der Waals surface area contributed by atoms with Crippen LogP contribution >= 0.6 is 11.8 Å². The fraction of sp³-hybridized carbons (Fsp3) is 0.450. The smallest absolute Gasteiger partial charge is 0.233 e. The maximum absolute atomic E-state index is 12.4. The number of nitrogens with one attached hydrogen (secondary N) is 1. The van der Waals surface area contributed by atoms with Gasteiger partial charge in [-0.05, 0) is 48.2 Å². The average molecular weight is 340 g/mol. The Morgan fingerprint density at radius 3 is 2.83 bits per heavy atom. The zero-order chi connectivity index (χ0) is 16.4. The Labute approximate surface area is 147 Å². The van der Waals surface area contributed by atoms with Crippen LogP contribution < -0.4 is 5.32 Å². The molecule has 0 bridgehead atoms. The van der Waals surface area contributed by atoms with Crippen LogP contribution in [-0.2, 0) is 4.79 Å². The van der Waals surface area contributed by atoms with Crippen molar-refractivity contribution in [1.29, 1.82) is 0 Å². The molecule has 2 unspecified atom stereocenters. The lowest BCUT2D eigenvalue weighted by atomic mass is 10.0. The first-order valence-corrected chi connectivity index (χ1v) is 9.99. The van der Waals surface area contributed by atoms with E-state index in [4.69, 9.17) is 0 Å². The van der Waals surface area contributed by atoms with Crippen molar-refractivity contribution < 1.29 is 4.79 Å². The summed E-state index contributed by atoms with van der Waals surface area (Å²) in [7, 11) is 0. The van der Waals surface area contributed by atoms with E-state index in [2.05, 4.69) is 52.7 Å². The van der Waals surface area contributed by atoms with Gasteiger partial charge in [0.05, 0.1) is 5.75 Å². The minimum absolute atomic E-state index is 0.172. The number of carbonyl (C=O) groups excluding carboxylic acids is 1. The third kappa shape index (κ3) is 3.31. The summed E-state index contributed by atoms with van der Waals surface area (Å²) in [6.07, 6.45) is 4.91. The van der Waals surface area contributed by atoms with Gasteiger partial charge in [0, 0.05) is 12.6 Å². The molecule has 4 rings (SSSR count). The summed E-state index contributed by atoms with van der Waals surface area (Å²) < 4.78 is 0. The molecule has 2 saturated heterocycles. The highest BCUT2D eigenvalue weighted by Crippen LogP contribution is 2.39. The molecule has 2 heterocycles. The van der Waals surface area contributed by atoms with Crippen LogP contribution in [0.25, 0.3) is 10.8 Å². The summed E-state index contributed by atoms with van der Waals surface area (Å²) in [5, 5.41) is 6.28. The number of piperidine rings is 1. The second kappa shape index (κ2) is 7.16. The van der Waals surface area contributed by atoms with Gasteiger partial charge in [-0.3, -0.25) is 4.79 Å². The van der Waals surface area contributed by atoms with Gasteiger partial charge < -0.3 is 10.2 Å². The molecule has 126 valence electrons. The van der Waals surface area contributed by atoms with Crippen LogP contribution in [0.5, 0.6) is 0 Å². The monoisotopic (exact) mass is 340 g/mol. The molecule has 0 spiro atoms. The van der Waals surface area contributed by atoms with E-state index in [0.717, 1.165) is 19.5 Å². The molecule has 2 aliphatic heterocycles. The van der Waals surface area contributed by atoms with E-state index >= 15 is 0 Å². The fourth-order valence-corrected chi connectivity index (χ4v) is 5.01. The minimum atomic E-state index is 0.172. The molecule has 0 saturated carbocycles. The van der Waals surface area contributed by atoms with E-state index in [1.54, 1.807) is 11.8 Å². The Morgan fingerprint density at radius 2 is 2.00 bits per heavy atom. The largest absolute Gasteiger partial charge is 0.326 e. The molecular formula is C20H24N2OS. The SMILES string of the molecule is O=C1CSC(c2ccc3ccccc3c2)N1CCC1CCCCN1. The highest BCUT2D eigenvalue weighted by atomic mass is 32.2. The average Bonchev–Trinajstić information content (AvgIpc) is 3.01. The zero-order valence-electron chi connectivity index (χ0n) is 13.9. The van der Waals surface area contributed by atoms with Crippen molar-refractivity contribution in [2.24, 2.45) is 0 Å². The van der Waals surface area contributed by atoms with Crippen molar-refractivity contribution in [2.45, 2.75) is 37.1 Å². The number of amides is 1. The maximum atomic E-state index is 12.4. The molecule has 2 aliphatic rings. The number of rotatable bonds is 4. The predicted octanol–water partition coefficient (Wildman–Crippen LogP) is 3.95. The molecule has 2 aromatic rings. The van der Waals surface area contributed by atoms with Crippen LogP contribution in [0.3, 0.4) is 0 Å². The third-order valence-electron chi connectivity index (χ3n) is 5.16. The quantitative estimate of drug-likeness (QED) is 0.915. The normalized spacial score (nSPS) is 24.7. The molecule has 0 aliphatic carbocycles. The van der Waals surface area contributed by atoms with Crippen LogP contribution in [-0.4, -0.2) is 35.7 Å². The highest BCUT2D eigenvalue weighted by Gasteiger charge is 2.33. The molecule has 2 atom stereocenters. The summed E-state index contributed by atoms with van der Waals surface area (Å²) in [5.41, 5.74) is 1.25. The van der Waals surface area contributed by atoms with Crippen molar-refractivity contribution in [1.82, 2.24) is 10.2 Å². The van der Waals surface area contributed by atoms with E-state index < -0.39 is 0 Å². The van der Waals surface area contributed by atoms with E-state index in [1.807, 2.05) is 0 Å². The molecule has 0 radical (unpaired) electrons. The van der Waals surface area contributed by atoms with Crippen molar-refractivity contribution in [3.05, 3.63) is 48.0 Å². The van der Waals surface area contributed by atoms with E-state index in [9.17, 15) is 4.79 Å². The molecule has 2 fully saturated rings. The number of hydrogen-bond donors (Lipinski definition) is 1. The molecule has 3 nitrogen and oxygen atoms in total. The van der Waals surface area contributed by atoms with Crippen LogP contribution in [0.4, 0.5) is 0 Å². The van der Waals surface area contributed by atoms with E-state index in [1.165, 1.54) is 35.6 Å². The summed E-state index contributed by atoms with van der Waals surface area (Å²) in [4.78, 5) is 14.5. The fourth-order valence-electron chi connectivity index (χ4n) is 3.80. The van der Waals surface area contributed by atoms with Gasteiger partial charge in [0.2, 0.25) is 5.91 Å². The number of thioether (sulfide) groups is 1. The lowest BCUT2D eigenvalue weighted by Crippen LogP contribution is -2.38. The summed E-state index contributed by atoms with van der Waals surface area (Å²) >= 11 is 1.76. The van der Waals surface area contributed by atoms with Gasteiger partial charge >= 0.3 is 0 Å². The summed E-state index contributed by atoms with van der Waals surface area (Å²) in [6, 6.07) is 15.6. The molecule has 0 aromatic heterocycles. The number of carbonyl (C=O) groups is 1. The third-order valence-corrected chi connectivity index (χ3v) is 6.41. The topological polar surface area (TPSA) is 32.3 Å². The molecule has 1 amide bonds. The van der Waals surface area contributed by atoms with Gasteiger partial charge in [-0.2, -0.15) is 0 Å². The second-order valence-electron chi connectivity index (χ2n) is 6.79. The van der Waals surface area contributed by atoms with Gasteiger partial charge in [0.25, 0.3) is 0 Å². The Bertz CT molecular complexity index is 726. The first kappa shape index (κ1) is 16.0. The highest BCUT2D eigenvalue weighted by molar-refractivity contribution is 8.00. The van der Waals surface area contributed by atoms with Gasteiger partial charge in [-0.15, -0.1) is 11.8 Å². The first-order valence-electron chi connectivity index (χ1n) is 8.94. The Balaban J connectivity index is 1.50. The minimum Gasteiger partial charge on any atom is -0.326 e. The van der Waals surface area contributed by atoms with E-state index in [0.29, 0.717) is 11.8 Å². The molecular weight excluding hydrogens is 316 g/mol.